The number of amides is 1. The van der Waals surface area contributed by atoms with Crippen molar-refractivity contribution in [3.63, 3.8) is 0 Å². The van der Waals surface area contributed by atoms with Crippen LogP contribution in [0.2, 0.25) is 0 Å². The third kappa shape index (κ3) is 3.53. The van der Waals surface area contributed by atoms with Gasteiger partial charge in [0.2, 0.25) is 0 Å². The molecule has 1 aliphatic rings. The first-order valence-electron chi connectivity index (χ1n) is 9.04. The van der Waals surface area contributed by atoms with Crippen LogP contribution in [0.3, 0.4) is 0 Å². The molecule has 3 aromatic rings. The molecule has 0 atom stereocenters. The number of hydrogen-bond acceptors (Lipinski definition) is 3. The van der Waals surface area contributed by atoms with Gasteiger partial charge in [0.15, 0.2) is 5.69 Å². The van der Waals surface area contributed by atoms with Gasteiger partial charge < -0.3 is 10.1 Å². The monoisotopic (exact) mass is 383 g/mol. The van der Waals surface area contributed by atoms with E-state index in [-0.39, 0.29) is 23.1 Å². The minimum Gasteiger partial charge on any atom is -0.381 e. The highest BCUT2D eigenvalue weighted by Gasteiger charge is 2.36. The van der Waals surface area contributed by atoms with Crippen molar-refractivity contribution in [3.05, 3.63) is 83.7 Å². The quantitative estimate of drug-likeness (QED) is 0.749. The summed E-state index contributed by atoms with van der Waals surface area (Å²) in [6, 6.07) is 13.9. The summed E-state index contributed by atoms with van der Waals surface area (Å²) in [4.78, 5) is 12.9. The maximum absolute atomic E-state index is 14.0. The molecule has 5 nitrogen and oxygen atoms in total. The molecule has 0 unspecified atom stereocenters. The van der Waals surface area contributed by atoms with Crippen LogP contribution in [-0.2, 0) is 10.3 Å². The molecule has 0 aliphatic carbocycles. The van der Waals surface area contributed by atoms with Gasteiger partial charge in [-0.05, 0) is 48.7 Å². The van der Waals surface area contributed by atoms with E-state index in [2.05, 4.69) is 10.4 Å². The van der Waals surface area contributed by atoms with Gasteiger partial charge >= 0.3 is 0 Å². The van der Waals surface area contributed by atoms with Gasteiger partial charge in [0.1, 0.15) is 17.3 Å². The van der Waals surface area contributed by atoms with Crippen molar-refractivity contribution in [1.82, 2.24) is 15.1 Å². The minimum atomic E-state index is -0.662. The topological polar surface area (TPSA) is 56.1 Å². The summed E-state index contributed by atoms with van der Waals surface area (Å²) in [5.74, 6) is -1.13. The first-order valence-corrected chi connectivity index (χ1v) is 9.04. The van der Waals surface area contributed by atoms with E-state index >= 15 is 0 Å². The molecule has 144 valence electrons. The number of nitrogens with one attached hydrogen (secondary N) is 1. The molecule has 7 heteroatoms. The molecule has 28 heavy (non-hydrogen) atoms. The summed E-state index contributed by atoms with van der Waals surface area (Å²) in [5.41, 5.74) is 0.598. The summed E-state index contributed by atoms with van der Waals surface area (Å²) in [6.45, 7) is 0.975. The lowest BCUT2D eigenvalue weighted by Gasteiger charge is -2.38. The van der Waals surface area contributed by atoms with E-state index in [0.29, 0.717) is 26.1 Å². The second kappa shape index (κ2) is 7.52. The zero-order valence-corrected chi connectivity index (χ0v) is 15.1. The Hall–Kier alpha value is -3.06. The third-order valence-corrected chi connectivity index (χ3v) is 5.02. The zero-order valence-electron chi connectivity index (χ0n) is 15.1. The number of hydrogen-bond donors (Lipinski definition) is 1. The van der Waals surface area contributed by atoms with Crippen LogP contribution in [0.4, 0.5) is 8.78 Å². The Morgan fingerprint density at radius 3 is 2.46 bits per heavy atom. The average molecular weight is 383 g/mol. The molecular weight excluding hydrogens is 364 g/mol. The van der Waals surface area contributed by atoms with Gasteiger partial charge in [0.25, 0.3) is 5.91 Å². The van der Waals surface area contributed by atoms with Crippen molar-refractivity contribution in [3.8, 4) is 5.69 Å². The van der Waals surface area contributed by atoms with E-state index in [4.69, 9.17) is 4.74 Å². The number of nitrogens with zero attached hydrogens (tertiary/aromatic N) is 2. The van der Waals surface area contributed by atoms with Gasteiger partial charge in [-0.2, -0.15) is 5.10 Å². The van der Waals surface area contributed by atoms with Crippen LogP contribution in [0.15, 0.2) is 60.8 Å². The Morgan fingerprint density at radius 2 is 1.75 bits per heavy atom. The van der Waals surface area contributed by atoms with Gasteiger partial charge in [-0.25, -0.2) is 13.5 Å². The van der Waals surface area contributed by atoms with Gasteiger partial charge in [-0.1, -0.05) is 24.3 Å². The van der Waals surface area contributed by atoms with Crippen molar-refractivity contribution in [2.75, 3.05) is 13.2 Å². The number of carbonyl (C=O) groups is 1. The summed E-state index contributed by atoms with van der Waals surface area (Å²) < 4.78 is 34.1. The summed E-state index contributed by atoms with van der Waals surface area (Å²) in [5, 5.41) is 7.27. The Kier molecular flexibility index (Phi) is 4.92. The number of aromatic nitrogens is 2. The second-order valence-corrected chi connectivity index (χ2v) is 6.75. The summed E-state index contributed by atoms with van der Waals surface area (Å²) in [6.07, 6.45) is 2.68. The maximum Gasteiger partial charge on any atom is 0.272 e. The molecular formula is C21H19F2N3O2. The molecule has 0 bridgehead atoms. The summed E-state index contributed by atoms with van der Waals surface area (Å²) in [7, 11) is 0. The second-order valence-electron chi connectivity index (χ2n) is 6.75. The number of halogens is 2. The van der Waals surface area contributed by atoms with Crippen molar-refractivity contribution >= 4 is 5.91 Å². The fraction of sp³-hybridized carbons (Fsp3) is 0.238. The number of ether oxygens (including phenoxy) is 1. The van der Waals surface area contributed by atoms with Crippen molar-refractivity contribution in [1.29, 1.82) is 0 Å². The Balaban J connectivity index is 1.60. The largest absolute Gasteiger partial charge is 0.381 e. The molecule has 1 amide bonds. The van der Waals surface area contributed by atoms with Crippen LogP contribution in [0.1, 0.15) is 28.9 Å². The highest BCUT2D eigenvalue weighted by atomic mass is 19.1. The molecule has 4 rings (SSSR count). The van der Waals surface area contributed by atoms with Crippen LogP contribution in [0.5, 0.6) is 0 Å². The lowest BCUT2D eigenvalue weighted by molar-refractivity contribution is 0.0343. The first kappa shape index (κ1) is 18.3. The summed E-state index contributed by atoms with van der Waals surface area (Å²) >= 11 is 0. The van der Waals surface area contributed by atoms with Gasteiger partial charge in [0.05, 0.1) is 5.54 Å². The average Bonchev–Trinajstić information content (AvgIpc) is 3.20. The molecule has 1 fully saturated rings. The highest BCUT2D eigenvalue weighted by molar-refractivity contribution is 5.92. The Labute approximate surface area is 160 Å². The molecule has 1 N–H and O–H groups in total. The minimum absolute atomic E-state index is 0.177. The molecule has 0 spiro atoms. The normalized spacial score (nSPS) is 15.9. The van der Waals surface area contributed by atoms with E-state index in [9.17, 15) is 13.6 Å². The Bertz CT molecular complexity index is 979. The third-order valence-electron chi connectivity index (χ3n) is 5.02. The number of benzene rings is 2. The van der Waals surface area contributed by atoms with Crippen molar-refractivity contribution in [2.45, 2.75) is 18.4 Å². The molecule has 1 saturated heterocycles. The van der Waals surface area contributed by atoms with Crippen molar-refractivity contribution in [2.24, 2.45) is 0 Å². The smallest absolute Gasteiger partial charge is 0.272 e. The molecule has 2 aromatic carbocycles. The van der Waals surface area contributed by atoms with E-state index in [1.54, 1.807) is 42.6 Å². The molecule has 1 aliphatic heterocycles. The van der Waals surface area contributed by atoms with E-state index in [1.165, 1.54) is 22.9 Å². The molecule has 1 aromatic heterocycles. The lowest BCUT2D eigenvalue weighted by atomic mass is 9.82. The van der Waals surface area contributed by atoms with Gasteiger partial charge in [-0.15, -0.1) is 0 Å². The van der Waals surface area contributed by atoms with E-state index in [1.807, 2.05) is 0 Å². The molecule has 2 heterocycles. The van der Waals surface area contributed by atoms with Gasteiger partial charge in [-0.3, -0.25) is 4.79 Å². The van der Waals surface area contributed by atoms with E-state index < -0.39 is 11.4 Å². The predicted molar refractivity (Wildman–Crippen MR) is 99.1 cm³/mol. The van der Waals surface area contributed by atoms with Crippen LogP contribution in [-0.4, -0.2) is 28.9 Å². The maximum atomic E-state index is 14.0. The highest BCUT2D eigenvalue weighted by Crippen LogP contribution is 2.32. The SMILES string of the molecule is O=C(NC1(c2ccc(F)cc2)CCOCC1)c1ccn(-c2ccccc2F)n1. The molecule has 0 radical (unpaired) electrons. The molecule has 0 saturated carbocycles. The number of carbonyl (C=O) groups excluding carboxylic acids is 1. The lowest BCUT2D eigenvalue weighted by Crippen LogP contribution is -2.49. The van der Waals surface area contributed by atoms with Crippen LogP contribution in [0.25, 0.3) is 5.69 Å². The first-order chi connectivity index (χ1) is 13.6. The zero-order chi connectivity index (χ0) is 19.6. The fourth-order valence-corrected chi connectivity index (χ4v) is 3.47. The Morgan fingerprint density at radius 1 is 1.04 bits per heavy atom. The van der Waals surface area contributed by atoms with Crippen LogP contribution < -0.4 is 5.32 Å². The number of para-hydroxylation sites is 1. The van der Waals surface area contributed by atoms with Crippen molar-refractivity contribution < 1.29 is 18.3 Å². The standard InChI is InChI=1S/C21H19F2N3O2/c22-16-7-5-15(6-8-16)21(10-13-28-14-11-21)24-20(27)18-9-12-26(25-18)19-4-2-1-3-17(19)23/h1-9,12H,10-11,13-14H2,(H,24,27). The van der Waals surface area contributed by atoms with Crippen LogP contribution in [0, 0.1) is 11.6 Å². The number of rotatable bonds is 4. The predicted octanol–water partition coefficient (Wildman–Crippen LogP) is 3.59. The van der Waals surface area contributed by atoms with E-state index in [0.717, 1.165) is 5.56 Å². The van der Waals surface area contributed by atoms with Crippen LogP contribution >= 0.6 is 0 Å². The fourth-order valence-electron chi connectivity index (χ4n) is 3.47. The van der Waals surface area contributed by atoms with Gasteiger partial charge in [0, 0.05) is 19.4 Å².